The summed E-state index contributed by atoms with van der Waals surface area (Å²) >= 11 is 0. The van der Waals surface area contributed by atoms with E-state index in [9.17, 15) is 4.79 Å². The van der Waals surface area contributed by atoms with E-state index in [1.807, 2.05) is 61.7 Å². The highest BCUT2D eigenvalue weighted by Crippen LogP contribution is 2.24. The van der Waals surface area contributed by atoms with Crippen LogP contribution in [0.2, 0.25) is 0 Å². The third kappa shape index (κ3) is 5.21. The molecule has 2 unspecified atom stereocenters. The minimum absolute atomic E-state index is 0.104. The zero-order valence-electron chi connectivity index (χ0n) is 18.4. The fourth-order valence-electron chi connectivity index (χ4n) is 4.15. The van der Waals surface area contributed by atoms with Crippen LogP contribution in [0.15, 0.2) is 60.8 Å². The first-order valence-corrected chi connectivity index (χ1v) is 10.9. The van der Waals surface area contributed by atoms with Gasteiger partial charge in [-0.2, -0.15) is 5.10 Å². The molecule has 4 rings (SSSR count). The van der Waals surface area contributed by atoms with Gasteiger partial charge in [0.25, 0.3) is 5.91 Å². The van der Waals surface area contributed by atoms with Gasteiger partial charge in [0.05, 0.1) is 23.5 Å². The van der Waals surface area contributed by atoms with Gasteiger partial charge < -0.3 is 10.1 Å². The van der Waals surface area contributed by atoms with E-state index in [2.05, 4.69) is 30.1 Å². The molecule has 1 amide bonds. The quantitative estimate of drug-likeness (QED) is 0.663. The summed E-state index contributed by atoms with van der Waals surface area (Å²) in [7, 11) is 0. The topological polar surface area (TPSA) is 59.4 Å². The van der Waals surface area contributed by atoms with Crippen molar-refractivity contribution in [3.05, 3.63) is 71.9 Å². The molecule has 1 saturated heterocycles. The predicted molar refractivity (Wildman–Crippen MR) is 123 cm³/mol. The number of benzene rings is 2. The normalized spacial score (nSPS) is 19.3. The van der Waals surface area contributed by atoms with Crippen molar-refractivity contribution in [2.24, 2.45) is 0 Å². The van der Waals surface area contributed by atoms with Crippen molar-refractivity contribution < 1.29 is 9.53 Å². The Hall–Kier alpha value is -2.96. The maximum absolute atomic E-state index is 13.1. The molecule has 1 aromatic heterocycles. The van der Waals surface area contributed by atoms with Crippen LogP contribution in [0.4, 0.5) is 0 Å². The van der Waals surface area contributed by atoms with Crippen LogP contribution >= 0.6 is 0 Å². The number of morpholine rings is 1. The van der Waals surface area contributed by atoms with E-state index in [1.54, 1.807) is 4.68 Å². The SMILES string of the molecule is Cc1cccc(-c2nn(-c3ccccc3)cc2C(=O)NCCN2CC(C)OC(C)C2)c1. The molecule has 1 fully saturated rings. The van der Waals surface area contributed by atoms with E-state index in [1.165, 1.54) is 0 Å². The Labute approximate surface area is 183 Å². The highest BCUT2D eigenvalue weighted by Gasteiger charge is 2.23. The Balaban J connectivity index is 1.53. The van der Waals surface area contributed by atoms with E-state index in [0.29, 0.717) is 17.8 Å². The molecule has 6 nitrogen and oxygen atoms in total. The fourth-order valence-corrected chi connectivity index (χ4v) is 4.15. The van der Waals surface area contributed by atoms with Gasteiger partial charge in [-0.05, 0) is 39.0 Å². The number of aromatic nitrogens is 2. The molecule has 1 aliphatic rings. The Morgan fingerprint density at radius 3 is 2.55 bits per heavy atom. The maximum Gasteiger partial charge on any atom is 0.255 e. The molecule has 3 aromatic rings. The van der Waals surface area contributed by atoms with Crippen LogP contribution in [0, 0.1) is 6.92 Å². The van der Waals surface area contributed by atoms with Gasteiger partial charge >= 0.3 is 0 Å². The molecule has 1 aliphatic heterocycles. The van der Waals surface area contributed by atoms with Gasteiger partial charge in [0, 0.05) is 37.9 Å². The van der Waals surface area contributed by atoms with Gasteiger partial charge in [-0.1, -0.05) is 42.0 Å². The lowest BCUT2D eigenvalue weighted by Crippen LogP contribution is -2.47. The maximum atomic E-state index is 13.1. The lowest BCUT2D eigenvalue weighted by Gasteiger charge is -2.35. The summed E-state index contributed by atoms with van der Waals surface area (Å²) in [6, 6.07) is 18.0. The molecule has 0 spiro atoms. The van der Waals surface area contributed by atoms with Crippen LogP contribution in [0.25, 0.3) is 16.9 Å². The second-order valence-electron chi connectivity index (χ2n) is 8.31. The van der Waals surface area contributed by atoms with Gasteiger partial charge in [-0.15, -0.1) is 0 Å². The van der Waals surface area contributed by atoms with E-state index >= 15 is 0 Å². The third-order valence-corrected chi connectivity index (χ3v) is 5.48. The van der Waals surface area contributed by atoms with Crippen LogP contribution in [-0.4, -0.2) is 59.0 Å². The number of nitrogens with zero attached hydrogens (tertiary/aromatic N) is 3. The second-order valence-corrected chi connectivity index (χ2v) is 8.31. The van der Waals surface area contributed by atoms with Crippen molar-refractivity contribution in [3.8, 4) is 16.9 Å². The molecular weight excluding hydrogens is 388 g/mol. The standard InChI is InChI=1S/C25H30N4O2/c1-18-8-7-9-21(14-18)24-23(17-29(27-24)22-10-5-4-6-11-22)25(30)26-12-13-28-15-19(2)31-20(3)16-28/h4-11,14,17,19-20H,12-13,15-16H2,1-3H3,(H,26,30). The number of aryl methyl sites for hydroxylation is 1. The molecule has 0 saturated carbocycles. The first kappa shape index (κ1) is 21.3. The number of carbonyl (C=O) groups is 1. The predicted octanol–water partition coefficient (Wildman–Crippen LogP) is 3.69. The first-order valence-electron chi connectivity index (χ1n) is 10.9. The van der Waals surface area contributed by atoms with Gasteiger partial charge in [-0.3, -0.25) is 9.69 Å². The molecule has 0 radical (unpaired) electrons. The monoisotopic (exact) mass is 418 g/mol. The summed E-state index contributed by atoms with van der Waals surface area (Å²) in [6.07, 6.45) is 2.26. The molecule has 2 atom stereocenters. The summed E-state index contributed by atoms with van der Waals surface area (Å²) in [5.74, 6) is -0.104. The number of hydrogen-bond donors (Lipinski definition) is 1. The number of rotatable bonds is 6. The number of hydrogen-bond acceptors (Lipinski definition) is 4. The summed E-state index contributed by atoms with van der Waals surface area (Å²) in [5.41, 5.74) is 4.27. The molecule has 2 heterocycles. The van der Waals surface area contributed by atoms with Crippen LogP contribution in [0.3, 0.4) is 0 Å². The van der Waals surface area contributed by atoms with Gasteiger partial charge in [0.1, 0.15) is 5.69 Å². The molecule has 0 aliphatic carbocycles. The first-order chi connectivity index (χ1) is 15.0. The van der Waals surface area contributed by atoms with Crippen molar-refractivity contribution >= 4 is 5.91 Å². The van der Waals surface area contributed by atoms with E-state index in [-0.39, 0.29) is 18.1 Å². The lowest BCUT2D eigenvalue weighted by atomic mass is 10.1. The van der Waals surface area contributed by atoms with Crippen LogP contribution < -0.4 is 5.32 Å². The van der Waals surface area contributed by atoms with Crippen molar-refractivity contribution in [2.75, 3.05) is 26.2 Å². The van der Waals surface area contributed by atoms with E-state index < -0.39 is 0 Å². The number of amides is 1. The summed E-state index contributed by atoms with van der Waals surface area (Å²) in [6.45, 7) is 9.39. The molecule has 0 bridgehead atoms. The summed E-state index contributed by atoms with van der Waals surface area (Å²) in [4.78, 5) is 15.5. The van der Waals surface area contributed by atoms with Crippen LogP contribution in [0.1, 0.15) is 29.8 Å². The number of nitrogens with one attached hydrogen (secondary N) is 1. The minimum Gasteiger partial charge on any atom is -0.373 e. The minimum atomic E-state index is -0.104. The second kappa shape index (κ2) is 9.45. The highest BCUT2D eigenvalue weighted by atomic mass is 16.5. The molecule has 6 heteroatoms. The zero-order chi connectivity index (χ0) is 21.8. The Bertz CT molecular complexity index is 1020. The molecule has 31 heavy (non-hydrogen) atoms. The van der Waals surface area contributed by atoms with Crippen LogP contribution in [-0.2, 0) is 4.74 Å². The average Bonchev–Trinajstić information content (AvgIpc) is 3.19. The van der Waals surface area contributed by atoms with Gasteiger partial charge in [0.15, 0.2) is 0 Å². The zero-order valence-corrected chi connectivity index (χ0v) is 18.4. The molecule has 162 valence electrons. The average molecular weight is 419 g/mol. The van der Waals surface area contributed by atoms with Crippen molar-refractivity contribution in [1.82, 2.24) is 20.0 Å². The largest absolute Gasteiger partial charge is 0.373 e. The van der Waals surface area contributed by atoms with Gasteiger partial charge in [-0.25, -0.2) is 4.68 Å². The Morgan fingerprint density at radius 1 is 1.10 bits per heavy atom. The Morgan fingerprint density at radius 2 is 1.84 bits per heavy atom. The summed E-state index contributed by atoms with van der Waals surface area (Å²) < 4.78 is 7.57. The number of carbonyl (C=O) groups excluding carboxylic acids is 1. The summed E-state index contributed by atoms with van der Waals surface area (Å²) in [5, 5.41) is 7.85. The smallest absolute Gasteiger partial charge is 0.255 e. The highest BCUT2D eigenvalue weighted by molar-refractivity contribution is 6.00. The molecule has 2 aromatic carbocycles. The van der Waals surface area contributed by atoms with E-state index in [4.69, 9.17) is 9.84 Å². The van der Waals surface area contributed by atoms with Crippen molar-refractivity contribution in [2.45, 2.75) is 33.0 Å². The number of para-hydroxylation sites is 1. The van der Waals surface area contributed by atoms with Gasteiger partial charge in [0.2, 0.25) is 0 Å². The Kier molecular flexibility index (Phi) is 6.49. The lowest BCUT2D eigenvalue weighted by molar-refractivity contribution is -0.0672. The van der Waals surface area contributed by atoms with Crippen LogP contribution in [0.5, 0.6) is 0 Å². The molecular formula is C25H30N4O2. The fraction of sp³-hybridized carbons (Fsp3) is 0.360. The third-order valence-electron chi connectivity index (χ3n) is 5.48. The molecule has 1 N–H and O–H groups in total. The van der Waals surface area contributed by atoms with Crippen molar-refractivity contribution in [1.29, 1.82) is 0 Å². The van der Waals surface area contributed by atoms with Crippen molar-refractivity contribution in [3.63, 3.8) is 0 Å². The van der Waals surface area contributed by atoms with E-state index in [0.717, 1.165) is 36.4 Å². The number of ether oxygens (including phenoxy) is 1.